The fraction of sp³-hybridized carbons (Fsp3) is 0.800. The zero-order chi connectivity index (χ0) is 7.98. The summed E-state index contributed by atoms with van der Waals surface area (Å²) in [6.45, 7) is 1.83. The van der Waals surface area contributed by atoms with Crippen molar-refractivity contribution < 1.29 is 14.6 Å². The van der Waals surface area contributed by atoms with Crippen LogP contribution in [0.1, 0.15) is 6.92 Å². The van der Waals surface area contributed by atoms with Crippen molar-refractivity contribution in [3.63, 3.8) is 0 Å². The van der Waals surface area contributed by atoms with Gasteiger partial charge in [0.25, 0.3) is 0 Å². The smallest absolute Gasteiger partial charge is 0.326 e. The van der Waals surface area contributed by atoms with Crippen LogP contribution in [0.25, 0.3) is 0 Å². The van der Waals surface area contributed by atoms with Gasteiger partial charge in [0.05, 0.1) is 13.2 Å². The minimum atomic E-state index is -0.597. The normalized spacial score (nSPS) is 12.7. The van der Waals surface area contributed by atoms with Gasteiger partial charge in [-0.15, -0.1) is 0 Å². The van der Waals surface area contributed by atoms with Crippen molar-refractivity contribution in [2.45, 2.75) is 13.0 Å². The molecule has 0 amide bonds. The minimum absolute atomic E-state index is 0.234. The van der Waals surface area contributed by atoms with Crippen molar-refractivity contribution in [2.75, 3.05) is 13.2 Å². The lowest BCUT2D eigenvalue weighted by atomic mass is 10.3. The first-order valence-electron chi connectivity index (χ1n) is 2.89. The van der Waals surface area contributed by atoms with Gasteiger partial charge in [-0.2, -0.15) is 0 Å². The zero-order valence-corrected chi connectivity index (χ0v) is 7.79. The van der Waals surface area contributed by atoms with E-state index in [1.165, 1.54) is 0 Å². The summed E-state index contributed by atoms with van der Waals surface area (Å²) in [4.78, 5) is 10.8. The molecule has 0 aromatic rings. The summed E-state index contributed by atoms with van der Waals surface area (Å²) >= 11 is 1.79. The second kappa shape index (κ2) is 5.87. The molecule has 0 aliphatic carbocycles. The highest BCUT2D eigenvalue weighted by Gasteiger charge is 2.15. The van der Waals surface area contributed by atoms with E-state index in [1.54, 1.807) is 29.8 Å². The van der Waals surface area contributed by atoms with Gasteiger partial charge in [0.2, 0.25) is 0 Å². The van der Waals surface area contributed by atoms with Crippen molar-refractivity contribution >= 4 is 28.8 Å². The summed E-state index contributed by atoms with van der Waals surface area (Å²) in [6, 6.07) is -0.597. The highest BCUT2D eigenvalue weighted by atomic mass is 127. The summed E-state index contributed by atoms with van der Waals surface area (Å²) in [5, 5.41) is 8.55. The predicted molar refractivity (Wildman–Crippen MR) is 44.7 cm³/mol. The highest BCUT2D eigenvalue weighted by Crippen LogP contribution is 1.90. The molecule has 0 spiro atoms. The molecule has 0 saturated carbocycles. The Labute approximate surface area is 73.4 Å². The van der Waals surface area contributed by atoms with Crippen LogP contribution in [-0.2, 0) is 9.53 Å². The largest absolute Gasteiger partial charge is 0.465 e. The number of ether oxygens (including phenoxy) is 1. The Hall–Kier alpha value is 0.120. The fourth-order valence-corrected chi connectivity index (χ4v) is 0.848. The average molecular weight is 259 g/mol. The maximum absolute atomic E-state index is 10.8. The minimum Gasteiger partial charge on any atom is -0.465 e. The van der Waals surface area contributed by atoms with Crippen molar-refractivity contribution in [3.8, 4) is 0 Å². The number of carbonyl (C=O) groups excluding carboxylic acids is 1. The summed E-state index contributed by atoms with van der Waals surface area (Å²) < 4.78 is 7.20. The second-order valence-electron chi connectivity index (χ2n) is 1.60. The first kappa shape index (κ1) is 10.1. The Morgan fingerprint density at radius 1 is 1.90 bits per heavy atom. The van der Waals surface area contributed by atoms with Gasteiger partial charge in [-0.3, -0.25) is 4.79 Å². The lowest BCUT2D eigenvalue weighted by molar-refractivity contribution is -0.145. The maximum Gasteiger partial charge on any atom is 0.326 e. The van der Waals surface area contributed by atoms with Crippen molar-refractivity contribution in [1.29, 1.82) is 0 Å². The van der Waals surface area contributed by atoms with E-state index in [-0.39, 0.29) is 6.61 Å². The van der Waals surface area contributed by atoms with E-state index in [0.717, 1.165) is 0 Å². The third kappa shape index (κ3) is 3.33. The first-order chi connectivity index (χ1) is 4.76. The number of aliphatic hydroxyl groups is 1. The van der Waals surface area contributed by atoms with E-state index >= 15 is 0 Å². The topological polar surface area (TPSA) is 58.6 Å². The Bertz CT molecular complexity index is 105. The summed E-state index contributed by atoms with van der Waals surface area (Å²) in [7, 11) is 0. The Morgan fingerprint density at radius 2 is 2.50 bits per heavy atom. The van der Waals surface area contributed by atoms with Crippen LogP contribution in [0.5, 0.6) is 0 Å². The highest BCUT2D eigenvalue weighted by molar-refractivity contribution is 14.1. The Balaban J connectivity index is 3.65. The van der Waals surface area contributed by atoms with Gasteiger partial charge in [-0.1, -0.05) is 0 Å². The molecular formula is C5H10INO3. The van der Waals surface area contributed by atoms with Gasteiger partial charge in [0, 0.05) is 22.9 Å². The van der Waals surface area contributed by atoms with Gasteiger partial charge < -0.3 is 9.84 Å². The van der Waals surface area contributed by atoms with Gasteiger partial charge in [-0.05, 0) is 6.92 Å². The number of rotatable bonds is 4. The third-order valence-electron chi connectivity index (χ3n) is 0.885. The first-order valence-corrected chi connectivity index (χ1v) is 3.97. The van der Waals surface area contributed by atoms with E-state index in [9.17, 15) is 4.79 Å². The number of nitrogens with one attached hydrogen (secondary N) is 1. The van der Waals surface area contributed by atoms with Gasteiger partial charge in [-0.25, -0.2) is 3.53 Å². The van der Waals surface area contributed by atoms with Crippen molar-refractivity contribution in [2.24, 2.45) is 0 Å². The summed E-state index contributed by atoms with van der Waals surface area (Å²) in [5.41, 5.74) is 0. The molecule has 0 radical (unpaired) electrons. The fourth-order valence-electron chi connectivity index (χ4n) is 0.396. The van der Waals surface area contributed by atoms with E-state index in [2.05, 4.69) is 8.27 Å². The molecule has 0 unspecified atom stereocenters. The van der Waals surface area contributed by atoms with E-state index in [1.807, 2.05) is 0 Å². The van der Waals surface area contributed by atoms with Crippen LogP contribution < -0.4 is 3.53 Å². The van der Waals surface area contributed by atoms with Crippen LogP contribution in [0.4, 0.5) is 0 Å². The lowest BCUT2D eigenvalue weighted by Gasteiger charge is -2.09. The third-order valence-corrected chi connectivity index (χ3v) is 1.64. The molecule has 0 aromatic heterocycles. The standard InChI is InChI=1S/C5H10INO3/c1-2-10-5(9)4(3-8)7-6/h4,7-8H,2-3H2,1H3/t4-/m0/s1. The molecule has 4 nitrogen and oxygen atoms in total. The molecule has 0 aromatic carbocycles. The quantitative estimate of drug-likeness (QED) is 0.419. The molecule has 0 heterocycles. The van der Waals surface area contributed by atoms with Gasteiger partial charge in [0.15, 0.2) is 0 Å². The van der Waals surface area contributed by atoms with E-state index in [0.29, 0.717) is 6.61 Å². The zero-order valence-electron chi connectivity index (χ0n) is 5.63. The number of aliphatic hydroxyl groups excluding tert-OH is 1. The monoisotopic (exact) mass is 259 g/mol. The van der Waals surface area contributed by atoms with Gasteiger partial charge in [0.1, 0.15) is 6.04 Å². The molecule has 0 bridgehead atoms. The molecular weight excluding hydrogens is 249 g/mol. The van der Waals surface area contributed by atoms with Crippen LogP contribution in [0, 0.1) is 0 Å². The molecule has 1 atom stereocenters. The van der Waals surface area contributed by atoms with Crippen LogP contribution in [0.3, 0.4) is 0 Å². The lowest BCUT2D eigenvalue weighted by Crippen LogP contribution is -2.35. The molecule has 0 aliphatic heterocycles. The number of halogens is 1. The maximum atomic E-state index is 10.8. The van der Waals surface area contributed by atoms with Crippen LogP contribution in [0.15, 0.2) is 0 Å². The van der Waals surface area contributed by atoms with Crippen molar-refractivity contribution in [3.05, 3.63) is 0 Å². The number of carbonyl (C=O) groups is 1. The molecule has 60 valence electrons. The molecule has 0 fully saturated rings. The van der Waals surface area contributed by atoms with Crippen molar-refractivity contribution in [1.82, 2.24) is 3.53 Å². The predicted octanol–water partition coefficient (Wildman–Crippen LogP) is -0.150. The number of hydrogen-bond donors (Lipinski definition) is 2. The number of esters is 1. The summed E-state index contributed by atoms with van der Waals surface area (Å²) in [6.07, 6.45) is 0. The molecule has 0 rings (SSSR count). The molecule has 5 heteroatoms. The number of hydrogen-bond acceptors (Lipinski definition) is 4. The van der Waals surface area contributed by atoms with Crippen LogP contribution in [0.2, 0.25) is 0 Å². The second-order valence-corrected chi connectivity index (χ2v) is 2.22. The van der Waals surface area contributed by atoms with Crippen LogP contribution in [-0.4, -0.2) is 30.3 Å². The molecule has 10 heavy (non-hydrogen) atoms. The molecule has 2 N–H and O–H groups in total. The Kier molecular flexibility index (Phi) is 5.94. The van der Waals surface area contributed by atoms with E-state index < -0.39 is 12.0 Å². The van der Waals surface area contributed by atoms with E-state index in [4.69, 9.17) is 5.11 Å². The Morgan fingerprint density at radius 3 is 2.80 bits per heavy atom. The van der Waals surface area contributed by atoms with Crippen LogP contribution >= 0.6 is 22.9 Å². The van der Waals surface area contributed by atoms with Gasteiger partial charge >= 0.3 is 5.97 Å². The summed E-state index contributed by atoms with van der Waals surface area (Å²) in [5.74, 6) is -0.417. The average Bonchev–Trinajstić information content (AvgIpc) is 1.91. The SMILES string of the molecule is CCOC(=O)[C@H](CO)NI. The molecule has 0 aliphatic rings. The molecule has 0 saturated heterocycles.